The van der Waals surface area contributed by atoms with Crippen molar-refractivity contribution < 1.29 is 51.5 Å². The minimum atomic E-state index is -0.854. The van der Waals surface area contributed by atoms with E-state index in [1.807, 2.05) is 26.0 Å². The van der Waals surface area contributed by atoms with Gasteiger partial charge < -0.3 is 17.1 Å². The van der Waals surface area contributed by atoms with E-state index < -0.39 is 5.97 Å². The summed E-state index contributed by atoms with van der Waals surface area (Å²) < 4.78 is 20.3. The molecule has 0 aliphatic rings. The van der Waals surface area contributed by atoms with Crippen molar-refractivity contribution in [1.82, 2.24) is 14.7 Å². The maximum atomic E-state index is 13.5. The van der Waals surface area contributed by atoms with Crippen LogP contribution in [-0.4, -0.2) is 25.8 Å². The van der Waals surface area contributed by atoms with Gasteiger partial charge in [0, 0.05) is 61.5 Å². The average molecular weight is 552 g/mol. The molecule has 0 saturated carbocycles. The molecule has 4 rings (SSSR count). The first-order chi connectivity index (χ1) is 15.8. The van der Waals surface area contributed by atoms with Crippen molar-refractivity contribution >= 4 is 16.7 Å². The monoisotopic (exact) mass is 552 g/mol. The maximum absolute atomic E-state index is 13.5. The van der Waals surface area contributed by atoms with Gasteiger partial charge in [-0.05, 0) is 67.1 Å². The number of carboxylic acid groups (broad SMARTS) is 1. The fourth-order valence-corrected chi connectivity index (χ4v) is 3.69. The van der Waals surface area contributed by atoms with E-state index in [1.54, 1.807) is 28.8 Å². The average Bonchev–Trinajstić information content (AvgIpc) is 3.28. The summed E-state index contributed by atoms with van der Waals surface area (Å²) in [5, 5.41) is 14.2. The van der Waals surface area contributed by atoms with Gasteiger partial charge in [0.05, 0.1) is 5.89 Å². The second-order valence-corrected chi connectivity index (χ2v) is 8.08. The van der Waals surface area contributed by atoms with E-state index in [1.165, 1.54) is 12.1 Å². The molecule has 2 heterocycles. The molecule has 0 bridgehead atoms. The van der Waals surface area contributed by atoms with Gasteiger partial charge in [-0.3, -0.25) is 20.1 Å². The molecule has 9 heteroatoms. The Balaban J connectivity index is 0.00000216. The predicted octanol–water partition coefficient (Wildman–Crippen LogP) is 5.39. The Kier molecular flexibility index (Phi) is 9.92. The Hall–Kier alpha value is -2.84. The van der Waals surface area contributed by atoms with Crippen molar-refractivity contribution in [2.75, 3.05) is 0 Å². The van der Waals surface area contributed by atoms with E-state index in [9.17, 15) is 14.0 Å². The van der Waals surface area contributed by atoms with Crippen molar-refractivity contribution in [3.8, 4) is 17.1 Å². The van der Waals surface area contributed by atoms with Crippen molar-refractivity contribution in [2.45, 2.75) is 39.5 Å². The molecule has 7 nitrogen and oxygen atoms in total. The van der Waals surface area contributed by atoms with Crippen LogP contribution < -0.4 is 5.56 Å². The van der Waals surface area contributed by atoms with Gasteiger partial charge in [-0.15, -0.1) is 0 Å². The Morgan fingerprint density at radius 1 is 1.11 bits per heavy atom. The van der Waals surface area contributed by atoms with Crippen LogP contribution in [0, 0.1) is 19.2 Å². The number of aromatic nitrogens is 3. The zero-order valence-corrected chi connectivity index (χ0v) is 22.8. The smallest absolute Gasteiger partial charge is 0.303 e. The van der Waals surface area contributed by atoms with Crippen LogP contribution in [0.5, 0.6) is 0 Å². The first-order valence-electron chi connectivity index (χ1n) is 10.6. The predicted molar refractivity (Wildman–Crippen MR) is 128 cm³/mol. The van der Waals surface area contributed by atoms with Crippen LogP contribution in [0.25, 0.3) is 27.8 Å². The largest absolute Gasteiger partial charge is 0.481 e. The van der Waals surface area contributed by atoms with Crippen LogP contribution in [0.2, 0.25) is 0 Å². The van der Waals surface area contributed by atoms with Crippen LogP contribution in [0.1, 0.15) is 44.7 Å². The van der Waals surface area contributed by atoms with E-state index in [2.05, 4.69) is 10.1 Å². The van der Waals surface area contributed by atoms with Crippen LogP contribution in [-0.2, 0) is 43.9 Å². The number of carbonyl (C=O) groups is 1. The summed E-state index contributed by atoms with van der Waals surface area (Å²) in [7, 11) is 0. The Bertz CT molecular complexity index is 1360. The van der Waals surface area contributed by atoms with Crippen LogP contribution >= 0.6 is 0 Å². The summed E-state index contributed by atoms with van der Waals surface area (Å²) in [5.74, 6) is 0.544. The Morgan fingerprint density at radius 2 is 1.83 bits per heavy atom. The minimum absolute atomic E-state index is 0. The number of halogens is 1. The molecule has 1 radical (unpaired) electrons. The van der Waals surface area contributed by atoms with Gasteiger partial charge in [-0.25, -0.2) is 9.37 Å². The summed E-state index contributed by atoms with van der Waals surface area (Å²) in [5.41, 5.74) is 1.76. The normalized spacial score (nSPS) is 10.5. The number of pyridine rings is 1. The number of hydrogen-bond acceptors (Lipinski definition) is 5. The molecule has 0 unspecified atom stereocenters. The first kappa shape index (κ1) is 28.4. The molecule has 0 amide bonds. The summed E-state index contributed by atoms with van der Waals surface area (Å²) in [4.78, 5) is 28.7. The molecule has 0 aliphatic carbocycles. The third-order valence-corrected chi connectivity index (χ3v) is 5.36. The van der Waals surface area contributed by atoms with E-state index in [0.717, 1.165) is 11.5 Å². The topological polar surface area (TPSA) is 98.2 Å². The van der Waals surface area contributed by atoms with Crippen molar-refractivity contribution in [2.24, 2.45) is 0 Å². The van der Waals surface area contributed by atoms with Crippen LogP contribution in [0.4, 0.5) is 4.39 Å². The van der Waals surface area contributed by atoms with Gasteiger partial charge in [0.1, 0.15) is 5.82 Å². The number of unbranched alkanes of at least 4 members (excludes halogenated alkanes) is 1. The molecule has 0 spiro atoms. The molecule has 0 fully saturated rings. The molecule has 2 aromatic heterocycles. The molecule has 35 heavy (non-hydrogen) atoms. The fourth-order valence-electron chi connectivity index (χ4n) is 3.69. The first-order valence-corrected chi connectivity index (χ1v) is 10.6. The zero-order valence-electron chi connectivity index (χ0n) is 19.9. The summed E-state index contributed by atoms with van der Waals surface area (Å²) >= 11 is 0. The zero-order chi connectivity index (χ0) is 23.5. The number of benzene rings is 2. The van der Waals surface area contributed by atoms with E-state index >= 15 is 0 Å². The third-order valence-electron chi connectivity index (χ3n) is 5.36. The molecule has 4 aromatic rings. The van der Waals surface area contributed by atoms with Gasteiger partial charge in [0.2, 0.25) is 0 Å². The molecule has 2 aromatic carbocycles. The number of rotatable bonds is 8. The fraction of sp³-hybridized carbons (Fsp3) is 0.231. The van der Waals surface area contributed by atoms with Crippen molar-refractivity contribution in [1.29, 1.82) is 0 Å². The number of fused-ring (bicyclic) bond motifs is 1. The summed E-state index contributed by atoms with van der Waals surface area (Å²) in [6.45, 7) is 3.76. The Morgan fingerprint density at radius 3 is 2.46 bits per heavy atom. The molecule has 0 aliphatic heterocycles. The van der Waals surface area contributed by atoms with Crippen LogP contribution in [0.15, 0.2) is 57.8 Å². The minimum Gasteiger partial charge on any atom is -0.481 e. The SMILES string of the molecule is C[C-](C)c1nc(-c2ccc3c(=O)n(-c4ccc(F)cc4)c(CCCCC(=O)O)cc3c2)no1.[CH3-].[Y]. The standard InChI is InChI=1S/C25H23FN3O4.CH3.Y/c1-15(2)24-27-23(28-33-24)16-7-12-21-17(13-16)14-20(5-3-4-6-22(30)31)29(25(21)32)19-10-8-18(26)9-11-19;;/h7-14H,3-6H2,1-2H3,(H,30,31);1H3;/q2*-1;. The molecular formula is C26H26FN3O4Y-2. The second kappa shape index (κ2) is 12.2. The molecular weight excluding hydrogens is 526 g/mol. The number of aliphatic carboxylic acids is 1. The van der Waals surface area contributed by atoms with Crippen LogP contribution in [0.3, 0.4) is 0 Å². The number of aryl methyl sites for hydroxylation is 1. The van der Waals surface area contributed by atoms with Gasteiger partial charge >= 0.3 is 5.97 Å². The third kappa shape index (κ3) is 6.44. The Labute approximate surface area is 228 Å². The van der Waals surface area contributed by atoms with Gasteiger partial charge in [0.25, 0.3) is 5.56 Å². The molecule has 0 atom stereocenters. The number of carboxylic acids is 1. The van der Waals surface area contributed by atoms with Gasteiger partial charge in [-0.1, -0.05) is 11.2 Å². The second-order valence-electron chi connectivity index (χ2n) is 8.08. The summed E-state index contributed by atoms with van der Waals surface area (Å²) in [6.07, 6.45) is 1.64. The molecule has 181 valence electrons. The van der Waals surface area contributed by atoms with E-state index in [0.29, 0.717) is 53.1 Å². The quantitative estimate of drug-likeness (QED) is 0.233. The maximum Gasteiger partial charge on any atom is 0.303 e. The number of hydrogen-bond donors (Lipinski definition) is 1. The van der Waals surface area contributed by atoms with Gasteiger partial charge in [-0.2, -0.15) is 13.8 Å². The van der Waals surface area contributed by atoms with E-state index in [4.69, 9.17) is 9.63 Å². The van der Waals surface area contributed by atoms with Gasteiger partial charge in [0.15, 0.2) is 5.82 Å². The molecule has 1 N–H and O–H groups in total. The van der Waals surface area contributed by atoms with Crippen molar-refractivity contribution in [3.63, 3.8) is 0 Å². The summed E-state index contributed by atoms with van der Waals surface area (Å²) in [6, 6.07) is 13.0. The molecule has 0 saturated heterocycles. The van der Waals surface area contributed by atoms with Crippen molar-refractivity contribution in [3.05, 3.63) is 89.6 Å². The van der Waals surface area contributed by atoms with E-state index in [-0.39, 0.29) is 57.9 Å². The number of nitrogens with zero attached hydrogens (tertiary/aromatic N) is 3.